The molecule has 0 heterocycles. The lowest BCUT2D eigenvalue weighted by molar-refractivity contribution is 0.0822. The molecule has 2 rings (SSSR count). The highest BCUT2D eigenvalue weighted by Gasteiger charge is 2.13. The van der Waals surface area contributed by atoms with Crippen molar-refractivity contribution in [3.05, 3.63) is 65.7 Å². The van der Waals surface area contributed by atoms with Crippen LogP contribution in [0.15, 0.2) is 54.6 Å². The van der Waals surface area contributed by atoms with Crippen molar-refractivity contribution in [2.75, 3.05) is 0 Å². The zero-order valence-corrected chi connectivity index (χ0v) is 14.8. The second-order valence-corrected chi connectivity index (χ2v) is 5.57. The zero-order valence-electron chi connectivity index (χ0n) is 14.8. The molecule has 1 atom stereocenters. The van der Waals surface area contributed by atoms with Crippen molar-refractivity contribution < 1.29 is 13.9 Å². The van der Waals surface area contributed by atoms with Crippen molar-refractivity contribution in [2.24, 2.45) is 0 Å². The van der Waals surface area contributed by atoms with Gasteiger partial charge in [0.25, 0.3) is 0 Å². The average Bonchev–Trinajstić information content (AvgIpc) is 2.61. The first-order valence-electron chi connectivity index (χ1n) is 8.55. The van der Waals surface area contributed by atoms with E-state index >= 15 is 0 Å². The van der Waals surface area contributed by atoms with Crippen molar-refractivity contribution in [3.63, 3.8) is 0 Å². The van der Waals surface area contributed by atoms with E-state index in [2.05, 4.69) is 13.8 Å². The van der Waals surface area contributed by atoms with Crippen LogP contribution in [-0.2, 0) is 6.42 Å². The molecule has 2 aromatic carbocycles. The number of carbonyl (C=O) groups is 1. The highest BCUT2D eigenvalue weighted by molar-refractivity contribution is 5.98. The minimum absolute atomic E-state index is 0.0369. The van der Waals surface area contributed by atoms with E-state index in [1.807, 2.05) is 30.3 Å². The summed E-state index contributed by atoms with van der Waals surface area (Å²) in [6, 6.07) is 16.6. The lowest BCUT2D eigenvalue weighted by Gasteiger charge is -2.11. The van der Waals surface area contributed by atoms with Crippen LogP contribution >= 0.6 is 0 Å². The Kier molecular flexibility index (Phi) is 9.44. The number of benzene rings is 2. The van der Waals surface area contributed by atoms with Crippen LogP contribution in [0.3, 0.4) is 0 Å². The molecule has 0 saturated heterocycles. The summed E-state index contributed by atoms with van der Waals surface area (Å²) in [5.41, 5.74) is 1.55. The maximum atomic E-state index is 12.9. The van der Waals surface area contributed by atoms with Gasteiger partial charge in [-0.05, 0) is 24.1 Å². The third-order valence-corrected chi connectivity index (χ3v) is 3.46. The van der Waals surface area contributed by atoms with Crippen LogP contribution in [-0.4, -0.2) is 12.1 Å². The molecule has 130 valence electrons. The Labute approximate surface area is 144 Å². The molecular weight excluding hydrogens is 303 g/mol. The van der Waals surface area contributed by atoms with Crippen LogP contribution < -0.4 is 4.74 Å². The quantitative estimate of drug-likeness (QED) is 0.582. The van der Waals surface area contributed by atoms with Gasteiger partial charge in [0, 0.05) is 13.3 Å². The minimum Gasteiger partial charge on any atom is -0.460 e. The monoisotopic (exact) mass is 330 g/mol. The van der Waals surface area contributed by atoms with E-state index in [4.69, 9.17) is 4.74 Å². The fraction of sp³-hybridized carbons (Fsp3) is 0.381. The van der Waals surface area contributed by atoms with Gasteiger partial charge in [0.05, 0.1) is 5.56 Å². The number of unbranched alkanes of at least 4 members (excludes halogenated alkanes) is 1. The largest absolute Gasteiger partial charge is 0.460 e. The normalized spacial score (nSPS) is 11.2. The number of aryl methyl sites for hydroxylation is 1. The van der Waals surface area contributed by atoms with Crippen LogP contribution in [0.2, 0.25) is 0 Å². The van der Waals surface area contributed by atoms with Gasteiger partial charge in [0.15, 0.2) is 5.78 Å². The van der Waals surface area contributed by atoms with Crippen molar-refractivity contribution in [1.82, 2.24) is 0 Å². The Morgan fingerprint density at radius 3 is 2.17 bits per heavy atom. The van der Waals surface area contributed by atoms with Gasteiger partial charge < -0.3 is 4.74 Å². The van der Waals surface area contributed by atoms with E-state index in [0.29, 0.717) is 24.2 Å². The SMILES string of the molecule is CC(F)Oc1ccccc1C(=O)CCc1ccccc1.CCCC. The predicted octanol–water partition coefficient (Wildman–Crippen LogP) is 6.00. The number of ether oxygens (including phenoxy) is 1. The summed E-state index contributed by atoms with van der Waals surface area (Å²) in [6.45, 7) is 5.66. The Morgan fingerprint density at radius 2 is 1.58 bits per heavy atom. The van der Waals surface area contributed by atoms with Gasteiger partial charge in [-0.25, -0.2) is 4.39 Å². The van der Waals surface area contributed by atoms with Crippen molar-refractivity contribution in [1.29, 1.82) is 0 Å². The molecule has 24 heavy (non-hydrogen) atoms. The first-order chi connectivity index (χ1) is 11.6. The van der Waals surface area contributed by atoms with Crippen LogP contribution in [0.4, 0.5) is 4.39 Å². The molecule has 1 unspecified atom stereocenters. The third-order valence-electron chi connectivity index (χ3n) is 3.46. The molecule has 0 aliphatic rings. The average molecular weight is 330 g/mol. The fourth-order valence-corrected chi connectivity index (χ4v) is 2.01. The van der Waals surface area contributed by atoms with E-state index in [0.717, 1.165) is 5.56 Å². The number of rotatable bonds is 7. The Hall–Kier alpha value is -2.16. The first kappa shape index (κ1) is 19.9. The Bertz CT molecular complexity index is 592. The number of alkyl halides is 1. The van der Waals surface area contributed by atoms with Crippen LogP contribution in [0.1, 0.15) is 56.0 Å². The standard InChI is InChI=1S/C17H17FO2.C4H10/c1-13(18)20-17-10-6-5-9-15(17)16(19)12-11-14-7-3-2-4-8-14;1-3-4-2/h2-10,13H,11-12H2,1H3;3-4H2,1-2H3. The zero-order chi connectivity index (χ0) is 17.8. The van der Waals surface area contributed by atoms with Gasteiger partial charge in [0.1, 0.15) is 5.75 Å². The summed E-state index contributed by atoms with van der Waals surface area (Å²) in [4.78, 5) is 12.2. The van der Waals surface area contributed by atoms with Crippen LogP contribution in [0.5, 0.6) is 5.75 Å². The molecule has 2 aromatic rings. The molecule has 0 bridgehead atoms. The van der Waals surface area contributed by atoms with Crippen LogP contribution in [0.25, 0.3) is 0 Å². The Balaban J connectivity index is 0.000000648. The van der Waals surface area contributed by atoms with E-state index in [1.54, 1.807) is 24.3 Å². The molecule has 2 nitrogen and oxygen atoms in total. The molecule has 0 aliphatic carbocycles. The fourth-order valence-electron chi connectivity index (χ4n) is 2.01. The summed E-state index contributed by atoms with van der Waals surface area (Å²) in [7, 11) is 0. The molecule has 0 amide bonds. The van der Waals surface area contributed by atoms with E-state index in [9.17, 15) is 9.18 Å². The second kappa shape index (κ2) is 11.4. The number of para-hydroxylation sites is 1. The second-order valence-electron chi connectivity index (χ2n) is 5.57. The molecule has 0 spiro atoms. The molecule has 0 fully saturated rings. The van der Waals surface area contributed by atoms with E-state index in [1.165, 1.54) is 19.8 Å². The number of halogens is 1. The third kappa shape index (κ3) is 7.40. The van der Waals surface area contributed by atoms with Crippen molar-refractivity contribution in [2.45, 2.75) is 52.8 Å². The van der Waals surface area contributed by atoms with Gasteiger partial charge in [0.2, 0.25) is 6.36 Å². The topological polar surface area (TPSA) is 26.3 Å². The molecule has 0 saturated carbocycles. The van der Waals surface area contributed by atoms with Gasteiger partial charge in [-0.15, -0.1) is 0 Å². The summed E-state index contributed by atoms with van der Waals surface area (Å²) in [5, 5.41) is 0. The highest BCUT2D eigenvalue weighted by atomic mass is 19.1. The van der Waals surface area contributed by atoms with Gasteiger partial charge in [-0.3, -0.25) is 4.79 Å². The number of Topliss-reactive ketones (excluding diaryl/α,β-unsaturated/α-hetero) is 1. The van der Waals surface area contributed by atoms with E-state index in [-0.39, 0.29) is 5.78 Å². The van der Waals surface area contributed by atoms with Gasteiger partial charge >= 0.3 is 0 Å². The predicted molar refractivity (Wildman–Crippen MR) is 97.3 cm³/mol. The molecular formula is C21H27FO2. The molecule has 0 aliphatic heterocycles. The maximum Gasteiger partial charge on any atom is 0.235 e. The smallest absolute Gasteiger partial charge is 0.235 e. The summed E-state index contributed by atoms with van der Waals surface area (Å²) < 4.78 is 18.0. The van der Waals surface area contributed by atoms with E-state index < -0.39 is 6.36 Å². The van der Waals surface area contributed by atoms with Gasteiger partial charge in [-0.1, -0.05) is 69.2 Å². The lowest BCUT2D eigenvalue weighted by atomic mass is 10.0. The number of carbonyl (C=O) groups excluding carboxylic acids is 1. The van der Waals surface area contributed by atoms with Crippen molar-refractivity contribution in [3.8, 4) is 5.75 Å². The van der Waals surface area contributed by atoms with Crippen LogP contribution in [0, 0.1) is 0 Å². The summed E-state index contributed by atoms with van der Waals surface area (Å²) >= 11 is 0. The lowest BCUT2D eigenvalue weighted by Crippen LogP contribution is -2.09. The molecule has 0 aromatic heterocycles. The number of hydrogen-bond acceptors (Lipinski definition) is 2. The first-order valence-corrected chi connectivity index (χ1v) is 8.55. The molecule has 3 heteroatoms. The minimum atomic E-state index is -1.43. The number of ketones is 1. The highest BCUT2D eigenvalue weighted by Crippen LogP contribution is 2.22. The van der Waals surface area contributed by atoms with Crippen molar-refractivity contribution >= 4 is 5.78 Å². The van der Waals surface area contributed by atoms with Gasteiger partial charge in [-0.2, -0.15) is 0 Å². The molecule has 0 radical (unpaired) electrons. The summed E-state index contributed by atoms with van der Waals surface area (Å²) in [5.74, 6) is 0.269. The Morgan fingerprint density at radius 1 is 1.00 bits per heavy atom. The summed E-state index contributed by atoms with van der Waals surface area (Å²) in [6.07, 6.45) is 2.25. The maximum absolute atomic E-state index is 12.9. The number of hydrogen-bond donors (Lipinski definition) is 0. The molecule has 0 N–H and O–H groups in total.